The van der Waals surface area contributed by atoms with Crippen LogP contribution >= 0.6 is 0 Å². The molecular weight excluding hydrogens is 199 g/mol. The van der Waals surface area contributed by atoms with Crippen molar-refractivity contribution in [2.75, 3.05) is 6.61 Å². The molecule has 2 nitrogen and oxygen atoms in total. The molecule has 1 unspecified atom stereocenters. The topological polar surface area (TPSA) is 18.5 Å². The lowest BCUT2D eigenvalue weighted by atomic mass is 9.97. The van der Waals surface area contributed by atoms with Gasteiger partial charge in [-0.05, 0) is 37.0 Å². The van der Waals surface area contributed by atoms with E-state index in [2.05, 4.69) is 12.1 Å². The maximum atomic E-state index is 5.73. The van der Waals surface area contributed by atoms with Gasteiger partial charge in [-0.2, -0.15) is 0 Å². The van der Waals surface area contributed by atoms with Gasteiger partial charge in [0.1, 0.15) is 5.75 Å². The molecule has 1 saturated heterocycles. The SMILES string of the molecule is [B]CCc1ccc(OC2CCCCO2)cc1. The molecular formula is C13H17BO2. The van der Waals surface area contributed by atoms with Crippen molar-refractivity contribution in [3.63, 3.8) is 0 Å². The molecule has 1 aromatic carbocycles. The zero-order valence-electron chi connectivity index (χ0n) is 9.52. The van der Waals surface area contributed by atoms with Gasteiger partial charge in [0.2, 0.25) is 0 Å². The van der Waals surface area contributed by atoms with Crippen LogP contribution < -0.4 is 4.74 Å². The first-order valence-electron chi connectivity index (χ1n) is 5.96. The van der Waals surface area contributed by atoms with Crippen molar-refractivity contribution in [2.24, 2.45) is 0 Å². The lowest BCUT2D eigenvalue weighted by molar-refractivity contribution is -0.105. The van der Waals surface area contributed by atoms with E-state index < -0.39 is 0 Å². The summed E-state index contributed by atoms with van der Waals surface area (Å²) in [6, 6.07) is 8.10. The van der Waals surface area contributed by atoms with Crippen LogP contribution in [-0.4, -0.2) is 20.7 Å². The first kappa shape index (κ1) is 11.5. The predicted octanol–water partition coefficient (Wildman–Crippen LogP) is 2.72. The molecule has 16 heavy (non-hydrogen) atoms. The molecule has 1 atom stereocenters. The maximum absolute atomic E-state index is 5.73. The number of benzene rings is 1. The van der Waals surface area contributed by atoms with Crippen molar-refractivity contribution in [2.45, 2.75) is 38.3 Å². The van der Waals surface area contributed by atoms with E-state index in [0.717, 1.165) is 31.6 Å². The van der Waals surface area contributed by atoms with Crippen molar-refractivity contribution < 1.29 is 9.47 Å². The van der Waals surface area contributed by atoms with Crippen molar-refractivity contribution in [1.29, 1.82) is 0 Å². The van der Waals surface area contributed by atoms with Gasteiger partial charge < -0.3 is 9.47 Å². The standard InChI is InChI=1S/C13H17BO2/c14-9-8-11-4-6-12(7-5-11)16-13-3-1-2-10-15-13/h4-7,13H,1-3,8-10H2. The van der Waals surface area contributed by atoms with Crippen LogP contribution in [0.2, 0.25) is 6.32 Å². The van der Waals surface area contributed by atoms with Crippen LogP contribution in [0, 0.1) is 0 Å². The molecule has 2 rings (SSSR count). The summed E-state index contributed by atoms with van der Waals surface area (Å²) in [4.78, 5) is 0. The molecule has 0 aliphatic carbocycles. The molecule has 0 bridgehead atoms. The van der Waals surface area contributed by atoms with Gasteiger partial charge in [0, 0.05) is 6.42 Å². The molecule has 0 saturated carbocycles. The quantitative estimate of drug-likeness (QED) is 0.720. The summed E-state index contributed by atoms with van der Waals surface area (Å²) in [6.45, 7) is 0.815. The minimum absolute atomic E-state index is 0.0610. The van der Waals surface area contributed by atoms with E-state index in [-0.39, 0.29) is 6.29 Å². The number of ether oxygens (including phenoxy) is 2. The first-order valence-corrected chi connectivity index (χ1v) is 5.96. The highest BCUT2D eigenvalue weighted by atomic mass is 16.7. The highest BCUT2D eigenvalue weighted by molar-refractivity contribution is 6.08. The molecule has 0 aromatic heterocycles. The number of aryl methyl sites for hydroxylation is 1. The molecule has 2 radical (unpaired) electrons. The van der Waals surface area contributed by atoms with Crippen LogP contribution in [0.5, 0.6) is 5.75 Å². The number of rotatable bonds is 4. The Morgan fingerprint density at radius 3 is 2.69 bits per heavy atom. The average molecular weight is 216 g/mol. The van der Waals surface area contributed by atoms with Crippen molar-refractivity contribution in [3.8, 4) is 5.75 Å². The van der Waals surface area contributed by atoms with Gasteiger partial charge in [-0.1, -0.05) is 18.5 Å². The lowest BCUT2D eigenvalue weighted by Gasteiger charge is -2.23. The number of hydrogen-bond acceptors (Lipinski definition) is 2. The maximum Gasteiger partial charge on any atom is 0.199 e. The minimum Gasteiger partial charge on any atom is -0.465 e. The summed E-state index contributed by atoms with van der Waals surface area (Å²) >= 11 is 0. The normalized spacial score (nSPS) is 20.6. The zero-order chi connectivity index (χ0) is 11.2. The molecule has 1 heterocycles. The van der Waals surface area contributed by atoms with Crippen LogP contribution in [0.4, 0.5) is 0 Å². The Hall–Kier alpha value is -0.955. The first-order chi connectivity index (χ1) is 7.88. The number of hydrogen-bond donors (Lipinski definition) is 0. The van der Waals surface area contributed by atoms with E-state index >= 15 is 0 Å². The van der Waals surface area contributed by atoms with Crippen LogP contribution in [-0.2, 0) is 11.2 Å². The second-order valence-electron chi connectivity index (χ2n) is 4.10. The fourth-order valence-corrected chi connectivity index (χ4v) is 1.86. The van der Waals surface area contributed by atoms with E-state index in [1.807, 2.05) is 12.1 Å². The summed E-state index contributed by atoms with van der Waals surface area (Å²) in [5.41, 5.74) is 1.25. The van der Waals surface area contributed by atoms with E-state index in [9.17, 15) is 0 Å². The fourth-order valence-electron chi connectivity index (χ4n) is 1.86. The molecule has 1 aliphatic heterocycles. The Bertz CT molecular complexity index is 304. The van der Waals surface area contributed by atoms with Crippen LogP contribution in [0.3, 0.4) is 0 Å². The second-order valence-corrected chi connectivity index (χ2v) is 4.10. The van der Waals surface area contributed by atoms with Gasteiger partial charge in [0.25, 0.3) is 0 Å². The molecule has 0 N–H and O–H groups in total. The zero-order valence-corrected chi connectivity index (χ0v) is 9.52. The molecule has 0 amide bonds. The largest absolute Gasteiger partial charge is 0.465 e. The monoisotopic (exact) mass is 216 g/mol. The van der Waals surface area contributed by atoms with Gasteiger partial charge in [0.15, 0.2) is 6.29 Å². The van der Waals surface area contributed by atoms with E-state index in [1.165, 1.54) is 12.0 Å². The summed E-state index contributed by atoms with van der Waals surface area (Å²) in [6.07, 6.45) is 4.87. The third-order valence-electron chi connectivity index (χ3n) is 2.76. The summed E-state index contributed by atoms with van der Waals surface area (Å²) in [5, 5.41) is 0. The Morgan fingerprint density at radius 2 is 2.06 bits per heavy atom. The van der Waals surface area contributed by atoms with Gasteiger partial charge in [0.05, 0.1) is 14.5 Å². The second kappa shape index (κ2) is 5.95. The van der Waals surface area contributed by atoms with Gasteiger partial charge >= 0.3 is 0 Å². The van der Waals surface area contributed by atoms with Gasteiger partial charge in [-0.3, -0.25) is 0 Å². The van der Waals surface area contributed by atoms with Crippen molar-refractivity contribution >= 4 is 7.85 Å². The third kappa shape index (κ3) is 3.27. The van der Waals surface area contributed by atoms with Gasteiger partial charge in [-0.15, -0.1) is 0 Å². The molecule has 3 heteroatoms. The van der Waals surface area contributed by atoms with Crippen LogP contribution in [0.15, 0.2) is 24.3 Å². The minimum atomic E-state index is -0.0610. The molecule has 1 fully saturated rings. The predicted molar refractivity (Wildman–Crippen MR) is 64.9 cm³/mol. The van der Waals surface area contributed by atoms with E-state index in [4.69, 9.17) is 17.3 Å². The van der Waals surface area contributed by atoms with Gasteiger partial charge in [-0.25, -0.2) is 0 Å². The van der Waals surface area contributed by atoms with Crippen molar-refractivity contribution in [1.82, 2.24) is 0 Å². The summed E-state index contributed by atoms with van der Waals surface area (Å²) in [7, 11) is 5.50. The highest BCUT2D eigenvalue weighted by Crippen LogP contribution is 2.19. The molecule has 1 aliphatic rings. The van der Waals surface area contributed by atoms with Crippen LogP contribution in [0.25, 0.3) is 0 Å². The lowest BCUT2D eigenvalue weighted by Crippen LogP contribution is -2.24. The highest BCUT2D eigenvalue weighted by Gasteiger charge is 2.14. The average Bonchev–Trinajstić information content (AvgIpc) is 2.33. The third-order valence-corrected chi connectivity index (χ3v) is 2.76. The Balaban J connectivity index is 1.88. The summed E-state index contributed by atoms with van der Waals surface area (Å²) < 4.78 is 11.3. The Morgan fingerprint density at radius 1 is 1.25 bits per heavy atom. The van der Waals surface area contributed by atoms with E-state index in [0.29, 0.717) is 6.32 Å². The molecule has 0 spiro atoms. The fraction of sp³-hybridized carbons (Fsp3) is 0.538. The molecule has 84 valence electrons. The van der Waals surface area contributed by atoms with E-state index in [1.54, 1.807) is 0 Å². The summed E-state index contributed by atoms with van der Waals surface area (Å²) in [5.74, 6) is 0.882. The smallest absolute Gasteiger partial charge is 0.199 e. The van der Waals surface area contributed by atoms with Crippen LogP contribution in [0.1, 0.15) is 24.8 Å². The Kier molecular flexibility index (Phi) is 4.29. The van der Waals surface area contributed by atoms with Crippen molar-refractivity contribution in [3.05, 3.63) is 29.8 Å². The molecule has 1 aromatic rings. The Labute approximate surface area is 98.4 Å².